The van der Waals surface area contributed by atoms with E-state index in [2.05, 4.69) is 0 Å². The van der Waals surface area contributed by atoms with Gasteiger partial charge in [0.1, 0.15) is 23.0 Å². The van der Waals surface area contributed by atoms with Crippen molar-refractivity contribution in [3.8, 4) is 17.4 Å². The van der Waals surface area contributed by atoms with Crippen LogP contribution in [0.3, 0.4) is 0 Å². The number of furan rings is 1. The largest absolute Gasteiger partial charge is 0.455 e. The summed E-state index contributed by atoms with van der Waals surface area (Å²) in [6.45, 7) is 5.62. The topological polar surface area (TPSA) is 74.3 Å². The third-order valence-corrected chi connectivity index (χ3v) is 6.00. The molecule has 0 N–H and O–H groups in total. The first-order valence-electron chi connectivity index (χ1n) is 9.22. The minimum absolute atomic E-state index is 0.0135. The molecule has 6 heteroatoms. The van der Waals surface area contributed by atoms with Crippen molar-refractivity contribution in [3.63, 3.8) is 0 Å². The number of carbonyl (C=O) groups is 2. The molecule has 2 amide bonds. The van der Waals surface area contributed by atoms with Crippen LogP contribution >= 0.6 is 11.3 Å². The van der Waals surface area contributed by atoms with Crippen molar-refractivity contribution in [2.24, 2.45) is 0 Å². The molecule has 0 fully saturated rings. The molecule has 0 aliphatic carbocycles. The van der Waals surface area contributed by atoms with E-state index < -0.39 is 5.91 Å². The fraction of sp³-hybridized carbons (Fsp3) is 0.174. The van der Waals surface area contributed by atoms with Crippen molar-refractivity contribution in [1.29, 1.82) is 5.26 Å². The van der Waals surface area contributed by atoms with Crippen molar-refractivity contribution in [3.05, 3.63) is 63.6 Å². The maximum Gasteiger partial charge on any atom is 0.271 e. The monoisotopic (exact) mass is 402 g/mol. The van der Waals surface area contributed by atoms with E-state index in [4.69, 9.17) is 4.42 Å². The van der Waals surface area contributed by atoms with Crippen molar-refractivity contribution in [2.75, 3.05) is 6.54 Å². The Morgan fingerprint density at radius 1 is 1.14 bits per heavy atom. The normalized spacial score (nSPS) is 16.2. The molecule has 0 saturated carbocycles. The van der Waals surface area contributed by atoms with Crippen LogP contribution in [0.5, 0.6) is 0 Å². The van der Waals surface area contributed by atoms with Crippen molar-refractivity contribution < 1.29 is 14.0 Å². The van der Waals surface area contributed by atoms with Crippen molar-refractivity contribution >= 4 is 39.5 Å². The van der Waals surface area contributed by atoms with Gasteiger partial charge in [-0.15, -0.1) is 11.3 Å². The molecule has 1 aromatic carbocycles. The standard InChI is InChI=1S/C23H18N2O3S/c1-4-25-22(26)17(14(3)18(12-24)23(25)27)9-16-10-20-21(29-16)11-19(28-20)15-7-5-13(2)6-8-15/h5-11H,4H2,1-3H3/b17-9-. The van der Waals surface area contributed by atoms with Gasteiger partial charge in [-0.05, 0) is 38.5 Å². The summed E-state index contributed by atoms with van der Waals surface area (Å²) in [7, 11) is 0. The Labute approximate surface area is 172 Å². The molecule has 3 aromatic rings. The molecule has 29 heavy (non-hydrogen) atoms. The summed E-state index contributed by atoms with van der Waals surface area (Å²) in [6.07, 6.45) is 1.73. The Hall–Kier alpha value is -3.43. The van der Waals surface area contributed by atoms with Gasteiger partial charge >= 0.3 is 0 Å². The highest BCUT2D eigenvalue weighted by molar-refractivity contribution is 7.19. The molecule has 4 rings (SSSR count). The van der Waals surface area contributed by atoms with E-state index >= 15 is 0 Å². The molecular formula is C23H18N2O3S. The second-order valence-corrected chi connectivity index (χ2v) is 7.99. The molecule has 0 saturated heterocycles. The summed E-state index contributed by atoms with van der Waals surface area (Å²) >= 11 is 1.50. The number of hydrogen-bond acceptors (Lipinski definition) is 5. The summed E-state index contributed by atoms with van der Waals surface area (Å²) in [5.41, 5.74) is 3.73. The number of carbonyl (C=O) groups excluding carboxylic acids is 2. The Morgan fingerprint density at radius 3 is 2.48 bits per heavy atom. The van der Waals surface area contributed by atoms with E-state index in [1.165, 1.54) is 16.9 Å². The number of likely N-dealkylation sites (N-methyl/N-ethyl adjacent to an activating group) is 1. The first-order valence-corrected chi connectivity index (χ1v) is 10.0. The molecule has 5 nitrogen and oxygen atoms in total. The Kier molecular flexibility index (Phi) is 4.69. The van der Waals surface area contributed by atoms with E-state index in [-0.39, 0.29) is 18.0 Å². The predicted octanol–water partition coefficient (Wildman–Crippen LogP) is 5.08. The number of rotatable bonds is 3. The number of amides is 2. The summed E-state index contributed by atoms with van der Waals surface area (Å²) in [6, 6.07) is 13.9. The number of benzene rings is 1. The van der Waals surface area contributed by atoms with Crippen LogP contribution in [0, 0.1) is 18.3 Å². The molecular weight excluding hydrogens is 384 g/mol. The van der Waals surface area contributed by atoms with Crippen molar-refractivity contribution in [2.45, 2.75) is 20.8 Å². The number of aryl methyl sites for hydroxylation is 1. The fourth-order valence-electron chi connectivity index (χ4n) is 3.34. The first-order chi connectivity index (χ1) is 13.9. The summed E-state index contributed by atoms with van der Waals surface area (Å²) in [5.74, 6) is -0.110. The lowest BCUT2D eigenvalue weighted by atomic mass is 9.95. The van der Waals surface area contributed by atoms with E-state index in [1.54, 1.807) is 19.9 Å². The lowest BCUT2D eigenvalue weighted by molar-refractivity contribution is -0.140. The van der Waals surface area contributed by atoms with Crippen LogP contribution in [0.1, 0.15) is 24.3 Å². The molecule has 144 valence electrons. The lowest BCUT2D eigenvalue weighted by Crippen LogP contribution is -2.42. The SMILES string of the molecule is CCN1C(=O)C(C#N)=C(C)/C(=C/c2cc3oc(-c4ccc(C)cc4)cc3s2)C1=O. The zero-order valence-corrected chi connectivity index (χ0v) is 17.1. The summed E-state index contributed by atoms with van der Waals surface area (Å²) in [4.78, 5) is 27.0. The number of imide groups is 1. The molecule has 3 heterocycles. The minimum atomic E-state index is -0.530. The van der Waals surface area contributed by atoms with Crippen LogP contribution in [-0.2, 0) is 9.59 Å². The smallest absolute Gasteiger partial charge is 0.271 e. The molecule has 0 atom stereocenters. The van der Waals surface area contributed by atoms with Gasteiger partial charge in [0.2, 0.25) is 0 Å². The van der Waals surface area contributed by atoms with Crippen LogP contribution in [0.2, 0.25) is 0 Å². The van der Waals surface area contributed by atoms with Gasteiger partial charge in [0.25, 0.3) is 11.8 Å². The Bertz CT molecular complexity index is 1220. The highest BCUT2D eigenvalue weighted by Crippen LogP contribution is 2.36. The molecule has 0 spiro atoms. The predicted molar refractivity (Wildman–Crippen MR) is 113 cm³/mol. The summed E-state index contributed by atoms with van der Waals surface area (Å²) in [5, 5.41) is 9.35. The maximum atomic E-state index is 12.7. The van der Waals surface area contributed by atoms with Crippen LogP contribution < -0.4 is 0 Å². The van der Waals surface area contributed by atoms with Gasteiger partial charge in [-0.25, -0.2) is 0 Å². The lowest BCUT2D eigenvalue weighted by Gasteiger charge is -2.26. The molecule has 0 bridgehead atoms. The van der Waals surface area contributed by atoms with Gasteiger partial charge in [0.15, 0.2) is 0 Å². The quantitative estimate of drug-likeness (QED) is 0.452. The van der Waals surface area contributed by atoms with Gasteiger partial charge in [0.05, 0.1) is 4.70 Å². The van der Waals surface area contributed by atoms with Gasteiger partial charge in [-0.2, -0.15) is 5.26 Å². The first kappa shape index (κ1) is 18.9. The Morgan fingerprint density at radius 2 is 1.86 bits per heavy atom. The number of nitrogens with zero attached hydrogens (tertiary/aromatic N) is 2. The molecule has 1 aliphatic rings. The maximum absolute atomic E-state index is 12.7. The zero-order valence-electron chi connectivity index (χ0n) is 16.3. The van der Waals surface area contributed by atoms with Gasteiger partial charge in [-0.1, -0.05) is 29.8 Å². The highest BCUT2D eigenvalue weighted by atomic mass is 32.1. The average Bonchev–Trinajstić information content (AvgIpc) is 3.25. The number of thiophene rings is 1. The van der Waals surface area contributed by atoms with E-state index in [0.29, 0.717) is 11.1 Å². The minimum Gasteiger partial charge on any atom is -0.455 e. The fourth-order valence-corrected chi connectivity index (χ4v) is 4.31. The third kappa shape index (κ3) is 3.20. The van der Waals surface area contributed by atoms with E-state index in [9.17, 15) is 14.9 Å². The van der Waals surface area contributed by atoms with Gasteiger partial charge < -0.3 is 4.42 Å². The second-order valence-electron chi connectivity index (χ2n) is 6.88. The van der Waals surface area contributed by atoms with Crippen LogP contribution in [0.4, 0.5) is 0 Å². The van der Waals surface area contributed by atoms with Crippen molar-refractivity contribution in [1.82, 2.24) is 4.90 Å². The number of fused-ring (bicyclic) bond motifs is 1. The average molecular weight is 402 g/mol. The molecule has 1 aliphatic heterocycles. The second kappa shape index (κ2) is 7.19. The summed E-state index contributed by atoms with van der Waals surface area (Å²) < 4.78 is 6.96. The highest BCUT2D eigenvalue weighted by Gasteiger charge is 2.34. The number of hydrogen-bond donors (Lipinski definition) is 0. The third-order valence-electron chi connectivity index (χ3n) is 4.99. The Balaban J connectivity index is 1.74. The number of nitriles is 1. The van der Waals surface area contributed by atoms with Crippen LogP contribution in [0.15, 0.2) is 57.5 Å². The van der Waals surface area contributed by atoms with E-state index in [0.717, 1.165) is 31.4 Å². The zero-order chi connectivity index (χ0) is 20.7. The van der Waals surface area contributed by atoms with Gasteiger partial charge in [-0.3, -0.25) is 14.5 Å². The van der Waals surface area contributed by atoms with Crippen LogP contribution in [-0.4, -0.2) is 23.3 Å². The van der Waals surface area contributed by atoms with E-state index in [1.807, 2.05) is 49.4 Å². The molecule has 0 unspecified atom stereocenters. The molecule has 2 aromatic heterocycles. The van der Waals surface area contributed by atoms with Crippen LogP contribution in [0.25, 0.3) is 27.7 Å². The molecule has 0 radical (unpaired) electrons. The van der Waals surface area contributed by atoms with Gasteiger partial charge in [0, 0.05) is 28.6 Å².